The van der Waals surface area contributed by atoms with Crippen LogP contribution in [0.5, 0.6) is 0 Å². The van der Waals surface area contributed by atoms with Crippen LogP contribution in [0, 0.1) is 0 Å². The van der Waals surface area contributed by atoms with E-state index in [4.69, 9.17) is 11.6 Å². The van der Waals surface area contributed by atoms with Crippen LogP contribution >= 0.6 is 27.5 Å². The van der Waals surface area contributed by atoms with E-state index < -0.39 is 17.5 Å². The number of hydrogen-bond acceptors (Lipinski definition) is 3. The zero-order chi connectivity index (χ0) is 17.7. The fourth-order valence-electron chi connectivity index (χ4n) is 2.22. The maximum Gasteiger partial charge on any atom is 0.321 e. The van der Waals surface area contributed by atoms with Crippen molar-refractivity contribution in [1.82, 2.24) is 10.3 Å². The molecule has 0 aliphatic heterocycles. The molecule has 1 heterocycles. The van der Waals surface area contributed by atoms with Gasteiger partial charge in [0, 0.05) is 10.7 Å². The fourth-order valence-corrected chi connectivity index (χ4v) is 2.90. The summed E-state index contributed by atoms with van der Waals surface area (Å²) < 4.78 is 0.679. The lowest BCUT2D eigenvalue weighted by molar-refractivity contribution is -0.138. The number of amides is 2. The number of aliphatic carboxylic acids is 1. The average Bonchev–Trinajstić information content (AvgIpc) is 2.50. The molecule has 0 radical (unpaired) electrons. The van der Waals surface area contributed by atoms with Crippen molar-refractivity contribution in [2.45, 2.75) is 18.9 Å². The Bertz CT molecular complexity index is 757. The van der Waals surface area contributed by atoms with Gasteiger partial charge in [-0.1, -0.05) is 41.9 Å². The predicted molar refractivity (Wildman–Crippen MR) is 95.1 cm³/mol. The lowest BCUT2D eigenvalue weighted by Gasteiger charge is -2.30. The average molecular weight is 413 g/mol. The number of carboxylic acids is 1. The topological polar surface area (TPSA) is 91.3 Å². The van der Waals surface area contributed by atoms with Gasteiger partial charge in [0.15, 0.2) is 5.82 Å². The van der Waals surface area contributed by atoms with E-state index in [1.807, 2.05) is 6.07 Å². The maximum atomic E-state index is 12.3. The normalized spacial score (nSPS) is 13.0. The molecule has 24 heavy (non-hydrogen) atoms. The lowest BCUT2D eigenvalue weighted by Crippen LogP contribution is -2.47. The molecule has 0 aliphatic rings. The molecular formula is C16H15BrClN3O3. The number of urea groups is 1. The summed E-state index contributed by atoms with van der Waals surface area (Å²) in [5.41, 5.74) is -0.406. The molecule has 0 saturated carbocycles. The number of hydrogen-bond donors (Lipinski definition) is 3. The number of carboxylic acid groups (broad SMARTS) is 1. The first-order valence-electron chi connectivity index (χ1n) is 6.98. The van der Waals surface area contributed by atoms with Crippen molar-refractivity contribution in [3.8, 4) is 0 Å². The van der Waals surface area contributed by atoms with Gasteiger partial charge in [-0.05, 0) is 34.5 Å². The van der Waals surface area contributed by atoms with E-state index in [-0.39, 0.29) is 17.3 Å². The summed E-state index contributed by atoms with van der Waals surface area (Å²) in [7, 11) is 0. The van der Waals surface area contributed by atoms with Crippen LogP contribution in [0.3, 0.4) is 0 Å². The number of benzene rings is 1. The Morgan fingerprint density at radius 3 is 2.58 bits per heavy atom. The van der Waals surface area contributed by atoms with Gasteiger partial charge in [0.2, 0.25) is 0 Å². The van der Waals surface area contributed by atoms with Gasteiger partial charge < -0.3 is 10.4 Å². The van der Waals surface area contributed by atoms with Crippen molar-refractivity contribution in [1.29, 1.82) is 0 Å². The summed E-state index contributed by atoms with van der Waals surface area (Å²) in [5.74, 6) is -0.843. The Kier molecular flexibility index (Phi) is 5.80. The molecule has 1 atom stereocenters. The highest BCUT2D eigenvalue weighted by Crippen LogP contribution is 2.26. The number of halogens is 2. The second-order valence-electron chi connectivity index (χ2n) is 5.33. The van der Waals surface area contributed by atoms with Gasteiger partial charge in [-0.25, -0.2) is 9.78 Å². The standard InChI is InChI=1S/C16H15BrClN3O3/c1-16(8-13(22)23,10-5-3-2-4-6-10)21-15(24)20-14-12(18)7-11(17)9-19-14/h2-7,9H,8H2,1H3,(H,22,23)(H2,19,20,21,24)/t16-/m0/s1. The third kappa shape index (κ3) is 4.69. The van der Waals surface area contributed by atoms with Crippen LogP contribution in [0.1, 0.15) is 18.9 Å². The quantitative estimate of drug-likeness (QED) is 0.692. The van der Waals surface area contributed by atoms with Gasteiger partial charge in [0.05, 0.1) is 17.0 Å². The largest absolute Gasteiger partial charge is 0.481 e. The van der Waals surface area contributed by atoms with E-state index >= 15 is 0 Å². The van der Waals surface area contributed by atoms with Crippen LogP contribution in [0.2, 0.25) is 5.02 Å². The van der Waals surface area contributed by atoms with Gasteiger partial charge in [-0.15, -0.1) is 0 Å². The minimum absolute atomic E-state index is 0.183. The lowest BCUT2D eigenvalue weighted by atomic mass is 9.89. The van der Waals surface area contributed by atoms with Crippen molar-refractivity contribution >= 4 is 45.3 Å². The smallest absolute Gasteiger partial charge is 0.321 e. The summed E-state index contributed by atoms with van der Waals surface area (Å²) in [4.78, 5) is 27.5. The molecule has 0 aliphatic carbocycles. The molecule has 0 saturated heterocycles. The molecular weight excluding hydrogens is 398 g/mol. The molecule has 1 aromatic carbocycles. The molecule has 6 nitrogen and oxygen atoms in total. The first-order chi connectivity index (χ1) is 11.3. The highest BCUT2D eigenvalue weighted by molar-refractivity contribution is 9.10. The van der Waals surface area contributed by atoms with E-state index in [2.05, 4.69) is 31.5 Å². The van der Waals surface area contributed by atoms with Gasteiger partial charge in [-0.3, -0.25) is 10.1 Å². The van der Waals surface area contributed by atoms with Crippen LogP contribution in [0.25, 0.3) is 0 Å². The highest BCUT2D eigenvalue weighted by Gasteiger charge is 2.31. The van der Waals surface area contributed by atoms with Gasteiger partial charge in [0.25, 0.3) is 0 Å². The summed E-state index contributed by atoms with van der Waals surface area (Å²) in [6, 6.07) is 9.89. The highest BCUT2D eigenvalue weighted by atomic mass is 79.9. The van der Waals surface area contributed by atoms with E-state index in [9.17, 15) is 14.7 Å². The summed E-state index contributed by atoms with van der Waals surface area (Å²) >= 11 is 9.25. The first kappa shape index (κ1) is 18.2. The molecule has 1 aromatic heterocycles. The minimum Gasteiger partial charge on any atom is -0.481 e. The molecule has 126 valence electrons. The zero-order valence-electron chi connectivity index (χ0n) is 12.7. The predicted octanol–water partition coefficient (Wildman–Crippen LogP) is 4.01. The molecule has 2 aromatic rings. The van der Waals surface area contributed by atoms with Crippen LogP contribution in [-0.4, -0.2) is 22.1 Å². The van der Waals surface area contributed by atoms with E-state index in [1.54, 1.807) is 37.3 Å². The van der Waals surface area contributed by atoms with E-state index in [0.29, 0.717) is 10.0 Å². The van der Waals surface area contributed by atoms with Crippen molar-refractivity contribution in [3.05, 3.63) is 57.7 Å². The molecule has 3 N–H and O–H groups in total. The van der Waals surface area contributed by atoms with E-state index in [1.165, 1.54) is 6.20 Å². The molecule has 0 spiro atoms. The van der Waals surface area contributed by atoms with E-state index in [0.717, 1.165) is 0 Å². The maximum absolute atomic E-state index is 12.3. The number of pyridine rings is 1. The number of rotatable bonds is 5. The van der Waals surface area contributed by atoms with Crippen LogP contribution in [-0.2, 0) is 10.3 Å². The first-order valence-corrected chi connectivity index (χ1v) is 8.15. The Labute approximate surface area is 152 Å². The summed E-state index contributed by atoms with van der Waals surface area (Å²) in [5, 5.41) is 14.7. The van der Waals surface area contributed by atoms with Crippen molar-refractivity contribution in [2.75, 3.05) is 5.32 Å². The van der Waals surface area contributed by atoms with Crippen molar-refractivity contribution < 1.29 is 14.7 Å². The minimum atomic E-state index is -1.08. The third-order valence-corrected chi connectivity index (χ3v) is 4.07. The number of anilines is 1. The monoisotopic (exact) mass is 411 g/mol. The van der Waals surface area contributed by atoms with Crippen LogP contribution in [0.15, 0.2) is 47.1 Å². The molecule has 0 unspecified atom stereocenters. The number of carbonyl (C=O) groups is 2. The Morgan fingerprint density at radius 2 is 2.00 bits per heavy atom. The second-order valence-corrected chi connectivity index (χ2v) is 6.65. The molecule has 0 fully saturated rings. The molecule has 2 rings (SSSR count). The van der Waals surface area contributed by atoms with Crippen LogP contribution < -0.4 is 10.6 Å². The molecule has 8 heteroatoms. The Hall–Kier alpha value is -2.12. The molecule has 2 amide bonds. The van der Waals surface area contributed by atoms with Gasteiger partial charge in [0.1, 0.15) is 0 Å². The SMILES string of the molecule is C[C@@](CC(=O)O)(NC(=O)Nc1ncc(Br)cc1Cl)c1ccccc1. The number of carbonyl (C=O) groups excluding carboxylic acids is 1. The fraction of sp³-hybridized carbons (Fsp3) is 0.188. The van der Waals surface area contributed by atoms with Crippen molar-refractivity contribution in [3.63, 3.8) is 0 Å². The number of nitrogens with one attached hydrogen (secondary N) is 2. The second kappa shape index (κ2) is 7.63. The number of nitrogens with zero attached hydrogens (tertiary/aromatic N) is 1. The van der Waals surface area contributed by atoms with Gasteiger partial charge >= 0.3 is 12.0 Å². The summed E-state index contributed by atoms with van der Waals surface area (Å²) in [6.07, 6.45) is 1.22. The van der Waals surface area contributed by atoms with Crippen LogP contribution in [0.4, 0.5) is 10.6 Å². The molecule has 0 bridgehead atoms. The Morgan fingerprint density at radius 1 is 1.33 bits per heavy atom. The third-order valence-electron chi connectivity index (χ3n) is 3.34. The zero-order valence-corrected chi connectivity index (χ0v) is 15.1. The number of aromatic nitrogens is 1. The van der Waals surface area contributed by atoms with Crippen molar-refractivity contribution in [2.24, 2.45) is 0 Å². The van der Waals surface area contributed by atoms with Gasteiger partial charge in [-0.2, -0.15) is 0 Å². The Balaban J connectivity index is 2.20. The summed E-state index contributed by atoms with van der Waals surface area (Å²) in [6.45, 7) is 1.65.